The van der Waals surface area contributed by atoms with Crippen molar-refractivity contribution in [1.82, 2.24) is 9.80 Å². The first-order chi connectivity index (χ1) is 22.1. The average molecular weight is 623 g/mol. The maximum absolute atomic E-state index is 14.1. The summed E-state index contributed by atoms with van der Waals surface area (Å²) in [6, 6.07) is 25.0. The third-order valence-electron chi connectivity index (χ3n) is 8.82. The molecule has 2 aliphatic heterocycles. The molecule has 0 saturated carbocycles. The van der Waals surface area contributed by atoms with Gasteiger partial charge in [-0.05, 0) is 74.5 Å². The van der Waals surface area contributed by atoms with E-state index in [1.54, 1.807) is 12.1 Å². The molecule has 4 atom stereocenters. The van der Waals surface area contributed by atoms with Crippen LogP contribution in [0.2, 0.25) is 0 Å². The fraction of sp³-hybridized carbons (Fsp3) is 0.263. The van der Waals surface area contributed by atoms with Gasteiger partial charge in [0.25, 0.3) is 0 Å². The van der Waals surface area contributed by atoms with E-state index in [9.17, 15) is 18.4 Å². The Hall–Kier alpha value is -4.66. The molecule has 0 N–H and O–H groups in total. The second-order valence-corrected chi connectivity index (χ2v) is 12.3. The zero-order valence-electron chi connectivity index (χ0n) is 26.2. The van der Waals surface area contributed by atoms with Crippen molar-refractivity contribution in [2.24, 2.45) is 0 Å². The molecule has 0 amide bonds. The number of fused-ring (bicyclic) bond motifs is 2. The molecule has 2 heterocycles. The van der Waals surface area contributed by atoms with Crippen LogP contribution in [0.25, 0.3) is 0 Å². The van der Waals surface area contributed by atoms with Gasteiger partial charge >= 0.3 is 11.9 Å². The lowest BCUT2D eigenvalue weighted by Gasteiger charge is -2.38. The van der Waals surface area contributed by atoms with Crippen LogP contribution in [-0.4, -0.2) is 48.9 Å². The van der Waals surface area contributed by atoms with Crippen LogP contribution in [0.15, 0.2) is 97.1 Å². The summed E-state index contributed by atoms with van der Waals surface area (Å²) in [5, 5.41) is 0. The van der Waals surface area contributed by atoms with Gasteiger partial charge in [0, 0.05) is 48.2 Å². The fourth-order valence-corrected chi connectivity index (χ4v) is 6.65. The van der Waals surface area contributed by atoms with Gasteiger partial charge in [-0.1, -0.05) is 71.8 Å². The van der Waals surface area contributed by atoms with Crippen LogP contribution >= 0.6 is 0 Å². The number of hydrogen-bond donors (Lipinski definition) is 0. The number of hydrogen-bond acceptors (Lipinski definition) is 6. The van der Waals surface area contributed by atoms with Crippen LogP contribution < -0.4 is 0 Å². The maximum atomic E-state index is 14.1. The normalized spacial score (nSPS) is 21.4. The largest absolute Gasteiger partial charge is 0.439 e. The first-order valence-electron chi connectivity index (χ1n) is 15.3. The third-order valence-corrected chi connectivity index (χ3v) is 8.82. The topological polar surface area (TPSA) is 59.1 Å². The van der Waals surface area contributed by atoms with Crippen molar-refractivity contribution in [3.8, 4) is 0 Å². The monoisotopic (exact) mass is 622 g/mol. The Morgan fingerprint density at radius 2 is 1.04 bits per heavy atom. The van der Waals surface area contributed by atoms with E-state index in [4.69, 9.17) is 9.47 Å². The van der Waals surface area contributed by atoms with Crippen molar-refractivity contribution in [1.29, 1.82) is 0 Å². The summed E-state index contributed by atoms with van der Waals surface area (Å²) in [7, 11) is 3.70. The summed E-state index contributed by atoms with van der Waals surface area (Å²) in [4.78, 5) is 29.9. The molecule has 4 aromatic carbocycles. The second-order valence-electron chi connectivity index (χ2n) is 12.3. The Kier molecular flexibility index (Phi) is 8.84. The molecule has 0 bridgehead atoms. The highest BCUT2D eigenvalue weighted by Gasteiger charge is 2.36. The number of carbonyl (C=O) groups is 2. The van der Waals surface area contributed by atoms with Crippen molar-refractivity contribution in [2.45, 2.75) is 38.1 Å². The number of nitrogens with zero attached hydrogens (tertiary/aromatic N) is 2. The zero-order valence-corrected chi connectivity index (χ0v) is 26.2. The lowest BCUT2D eigenvalue weighted by atomic mass is 9.83. The number of ether oxygens (including phenoxy) is 2. The molecule has 2 unspecified atom stereocenters. The van der Waals surface area contributed by atoms with Crippen LogP contribution in [0.1, 0.15) is 68.8 Å². The van der Waals surface area contributed by atoms with E-state index in [1.165, 1.54) is 24.3 Å². The summed E-state index contributed by atoms with van der Waals surface area (Å²) >= 11 is 0. The van der Waals surface area contributed by atoms with Crippen LogP contribution in [0, 0.1) is 25.5 Å². The van der Waals surface area contributed by atoms with E-state index in [-0.39, 0.29) is 23.5 Å². The predicted octanol–water partition coefficient (Wildman–Crippen LogP) is 7.08. The molecule has 0 aromatic heterocycles. The number of aryl methyl sites for hydroxylation is 2. The van der Waals surface area contributed by atoms with Crippen LogP contribution in [-0.2, 0) is 19.1 Å². The van der Waals surface area contributed by atoms with E-state index >= 15 is 0 Å². The molecule has 6 nitrogen and oxygen atoms in total. The third kappa shape index (κ3) is 6.50. The van der Waals surface area contributed by atoms with E-state index in [0.717, 1.165) is 56.7 Å². The summed E-state index contributed by atoms with van der Waals surface area (Å²) in [6.07, 6.45) is 0.790. The summed E-state index contributed by atoms with van der Waals surface area (Å²) in [5.74, 6) is -2.19. The van der Waals surface area contributed by atoms with Crippen molar-refractivity contribution in [2.75, 3.05) is 27.2 Å². The molecular formula is C38H36F2N2O4. The standard InChI is InChI=1S/C38H36F2N2O4/c1-23-11-13-29-31(17-23)37(41(3)21-33(29)25-7-5-9-27(39)19-25)45-35(43)15-16-36(44)46-38-32-18-24(2)12-14-30(32)34(22-42(38)4)26-8-6-10-28(40)20-26/h5-20,33-34,37-38H,21-22H2,1-4H3/b16-15-/t33-,34-,37?,38?/m0/s1. The Morgan fingerprint density at radius 3 is 1.43 bits per heavy atom. The van der Waals surface area contributed by atoms with Gasteiger partial charge in [0.05, 0.1) is 0 Å². The molecule has 6 rings (SSSR count). The second kappa shape index (κ2) is 13.0. The minimum absolute atomic E-state index is 0.101. The van der Waals surface area contributed by atoms with Gasteiger partial charge in [-0.2, -0.15) is 0 Å². The molecule has 0 fully saturated rings. The molecule has 0 saturated heterocycles. The first kappa shape index (κ1) is 31.3. The molecule has 46 heavy (non-hydrogen) atoms. The van der Waals surface area contributed by atoms with Gasteiger partial charge in [0.15, 0.2) is 12.5 Å². The van der Waals surface area contributed by atoms with Gasteiger partial charge in [0.2, 0.25) is 0 Å². The minimum atomic E-state index is -0.690. The van der Waals surface area contributed by atoms with Crippen LogP contribution in [0.4, 0.5) is 8.78 Å². The number of esters is 2. The van der Waals surface area contributed by atoms with E-state index in [0.29, 0.717) is 13.1 Å². The molecule has 236 valence electrons. The molecule has 8 heteroatoms. The van der Waals surface area contributed by atoms with Crippen LogP contribution in [0.5, 0.6) is 0 Å². The van der Waals surface area contributed by atoms with Gasteiger partial charge in [0.1, 0.15) is 11.6 Å². The smallest absolute Gasteiger partial charge is 0.332 e. The number of rotatable bonds is 6. The van der Waals surface area contributed by atoms with E-state index in [1.807, 2.05) is 86.3 Å². The lowest BCUT2D eigenvalue weighted by molar-refractivity contribution is -0.156. The Morgan fingerprint density at radius 1 is 0.630 bits per heavy atom. The van der Waals surface area contributed by atoms with Gasteiger partial charge < -0.3 is 9.47 Å². The number of halogens is 2. The lowest BCUT2D eigenvalue weighted by Crippen LogP contribution is -2.38. The number of benzene rings is 4. The van der Waals surface area contributed by atoms with Crippen LogP contribution in [0.3, 0.4) is 0 Å². The highest BCUT2D eigenvalue weighted by molar-refractivity contribution is 5.92. The maximum Gasteiger partial charge on any atom is 0.332 e. The highest BCUT2D eigenvalue weighted by atomic mass is 19.1. The summed E-state index contributed by atoms with van der Waals surface area (Å²) in [6.45, 7) is 4.94. The van der Waals surface area contributed by atoms with E-state index in [2.05, 4.69) is 0 Å². The van der Waals surface area contributed by atoms with Crippen molar-refractivity contribution in [3.63, 3.8) is 0 Å². The molecule has 0 spiro atoms. The average Bonchev–Trinajstić information content (AvgIpc) is 3.02. The van der Waals surface area contributed by atoms with Crippen molar-refractivity contribution < 1.29 is 27.8 Å². The van der Waals surface area contributed by atoms with Crippen molar-refractivity contribution in [3.05, 3.63) is 153 Å². The summed E-state index contributed by atoms with van der Waals surface area (Å²) < 4.78 is 39.9. The molecule has 4 aromatic rings. The zero-order chi connectivity index (χ0) is 32.5. The van der Waals surface area contributed by atoms with E-state index < -0.39 is 24.4 Å². The predicted molar refractivity (Wildman–Crippen MR) is 171 cm³/mol. The van der Waals surface area contributed by atoms with Crippen molar-refractivity contribution >= 4 is 11.9 Å². The SMILES string of the molecule is Cc1ccc2c(c1)C(OC(=O)/C=C\C(=O)OC1c3cc(C)ccc3[C@H](c3cccc(F)c3)CN1C)N(C)C[C@H]2c1cccc(F)c1. The fourth-order valence-electron chi connectivity index (χ4n) is 6.65. The molecule has 0 radical (unpaired) electrons. The Labute approximate surface area is 267 Å². The van der Waals surface area contributed by atoms with Gasteiger partial charge in [-0.3, -0.25) is 9.80 Å². The highest BCUT2D eigenvalue weighted by Crippen LogP contribution is 2.41. The quantitative estimate of drug-likeness (QED) is 0.169. The number of carbonyl (C=O) groups excluding carboxylic acids is 2. The van der Waals surface area contributed by atoms with Gasteiger partial charge in [-0.25, -0.2) is 18.4 Å². The Bertz CT molecular complexity index is 1690. The molecular weight excluding hydrogens is 586 g/mol. The summed E-state index contributed by atoms with van der Waals surface area (Å²) in [5.41, 5.74) is 7.24. The molecule has 2 aliphatic rings. The first-order valence-corrected chi connectivity index (χ1v) is 15.3. The minimum Gasteiger partial charge on any atom is -0.439 e. The number of likely N-dealkylation sites (N-methyl/N-ethyl adjacent to an activating group) is 2. The Balaban J connectivity index is 1.18. The van der Waals surface area contributed by atoms with Gasteiger partial charge in [-0.15, -0.1) is 0 Å². The molecule has 0 aliphatic carbocycles.